The summed E-state index contributed by atoms with van der Waals surface area (Å²) in [4.78, 5) is 28.9. The molecule has 0 bridgehead atoms. The van der Waals surface area contributed by atoms with Crippen molar-refractivity contribution in [1.29, 1.82) is 0 Å². The highest BCUT2D eigenvalue weighted by Gasteiger charge is 2.53. The Bertz CT molecular complexity index is 630. The highest BCUT2D eigenvalue weighted by Crippen LogP contribution is 2.34. The van der Waals surface area contributed by atoms with Gasteiger partial charge in [0.2, 0.25) is 0 Å². The van der Waals surface area contributed by atoms with Crippen molar-refractivity contribution in [2.24, 2.45) is 0 Å². The van der Waals surface area contributed by atoms with E-state index in [4.69, 9.17) is 0 Å². The van der Waals surface area contributed by atoms with Gasteiger partial charge in [-0.1, -0.05) is 30.3 Å². The lowest BCUT2D eigenvalue weighted by Gasteiger charge is -2.28. The highest BCUT2D eigenvalue weighted by atomic mass is 32.2. The minimum Gasteiger partial charge on any atom is -0.322 e. The summed E-state index contributed by atoms with van der Waals surface area (Å²) in [5.41, 5.74) is 0.686. The largest absolute Gasteiger partial charge is 0.326 e. The van der Waals surface area contributed by atoms with Crippen LogP contribution >= 0.6 is 11.8 Å². The molecule has 1 N–H and O–H groups in total. The van der Waals surface area contributed by atoms with E-state index in [0.717, 1.165) is 38.0 Å². The third-order valence-electron chi connectivity index (χ3n) is 5.40. The first-order valence-corrected chi connectivity index (χ1v) is 9.83. The molecular weight excluding hydrogens is 322 g/mol. The minimum atomic E-state index is -0.629. The fourth-order valence-electron chi connectivity index (χ4n) is 4.02. The molecule has 0 saturated carbocycles. The summed E-state index contributed by atoms with van der Waals surface area (Å²) in [6, 6.07) is 10.6. The van der Waals surface area contributed by atoms with Crippen molar-refractivity contribution < 1.29 is 9.59 Å². The number of amides is 3. The molecule has 3 aliphatic rings. The molecule has 6 heteroatoms. The van der Waals surface area contributed by atoms with Crippen molar-refractivity contribution in [3.63, 3.8) is 0 Å². The molecule has 4 rings (SSSR count). The van der Waals surface area contributed by atoms with Gasteiger partial charge in [-0.15, -0.1) is 0 Å². The van der Waals surface area contributed by atoms with E-state index in [1.165, 1.54) is 10.5 Å². The molecule has 3 fully saturated rings. The Kier molecular flexibility index (Phi) is 4.26. The Morgan fingerprint density at radius 3 is 2.83 bits per heavy atom. The van der Waals surface area contributed by atoms with Crippen molar-refractivity contribution in [2.75, 3.05) is 24.7 Å². The number of likely N-dealkylation sites (tertiary alicyclic amines) is 1. The first-order chi connectivity index (χ1) is 11.7. The third kappa shape index (κ3) is 2.82. The zero-order chi connectivity index (χ0) is 16.6. The van der Waals surface area contributed by atoms with Gasteiger partial charge >= 0.3 is 6.03 Å². The summed E-state index contributed by atoms with van der Waals surface area (Å²) in [6.45, 7) is 1.38. The number of rotatable bonds is 4. The summed E-state index contributed by atoms with van der Waals surface area (Å²) >= 11 is 1.75. The number of nitrogens with zero attached hydrogens (tertiary/aromatic N) is 2. The average molecular weight is 345 g/mol. The van der Waals surface area contributed by atoms with Gasteiger partial charge in [0.25, 0.3) is 5.91 Å². The predicted molar refractivity (Wildman–Crippen MR) is 94.8 cm³/mol. The van der Waals surface area contributed by atoms with Crippen LogP contribution < -0.4 is 5.32 Å². The van der Waals surface area contributed by atoms with E-state index in [2.05, 4.69) is 34.5 Å². The smallest absolute Gasteiger partial charge is 0.322 e. The Hall–Kier alpha value is -1.53. The number of carbonyl (C=O) groups is 2. The molecule has 1 aromatic rings. The number of imide groups is 1. The van der Waals surface area contributed by atoms with Crippen LogP contribution in [-0.4, -0.2) is 58.0 Å². The van der Waals surface area contributed by atoms with E-state index < -0.39 is 5.54 Å². The topological polar surface area (TPSA) is 52.7 Å². The van der Waals surface area contributed by atoms with Gasteiger partial charge in [0.1, 0.15) is 5.54 Å². The van der Waals surface area contributed by atoms with Gasteiger partial charge in [-0.3, -0.25) is 9.69 Å². The van der Waals surface area contributed by atoms with Crippen LogP contribution in [0, 0.1) is 0 Å². The molecule has 2 atom stereocenters. The number of benzene rings is 1. The lowest BCUT2D eigenvalue weighted by atomic mass is 9.99. The molecule has 0 unspecified atom stereocenters. The molecule has 5 nitrogen and oxygen atoms in total. The van der Waals surface area contributed by atoms with Crippen molar-refractivity contribution in [3.8, 4) is 0 Å². The molecule has 3 aliphatic heterocycles. The van der Waals surface area contributed by atoms with Crippen LogP contribution in [0.1, 0.15) is 24.8 Å². The van der Waals surface area contributed by atoms with Crippen LogP contribution in [-0.2, 0) is 11.2 Å². The quantitative estimate of drug-likeness (QED) is 0.849. The van der Waals surface area contributed by atoms with Gasteiger partial charge in [-0.25, -0.2) is 9.69 Å². The van der Waals surface area contributed by atoms with Crippen molar-refractivity contribution in [2.45, 2.75) is 37.3 Å². The molecule has 3 saturated heterocycles. The summed E-state index contributed by atoms with van der Waals surface area (Å²) in [5, 5.41) is 2.96. The zero-order valence-corrected chi connectivity index (χ0v) is 14.6. The maximum absolute atomic E-state index is 12.8. The van der Waals surface area contributed by atoms with Crippen LogP contribution in [0.5, 0.6) is 0 Å². The number of carbonyl (C=O) groups excluding carboxylic acids is 2. The fourth-order valence-corrected chi connectivity index (χ4v) is 5.34. The van der Waals surface area contributed by atoms with E-state index in [-0.39, 0.29) is 11.9 Å². The number of hydrogen-bond acceptors (Lipinski definition) is 4. The molecule has 128 valence electrons. The molecule has 0 aromatic heterocycles. The fraction of sp³-hybridized carbons (Fsp3) is 0.556. The Labute approximate surface area is 146 Å². The predicted octanol–water partition coefficient (Wildman–Crippen LogP) is 2.08. The summed E-state index contributed by atoms with van der Waals surface area (Å²) < 4.78 is 0. The van der Waals surface area contributed by atoms with E-state index in [0.29, 0.717) is 18.5 Å². The Morgan fingerprint density at radius 2 is 2.08 bits per heavy atom. The summed E-state index contributed by atoms with van der Waals surface area (Å²) in [6.07, 6.45) is 3.99. The van der Waals surface area contributed by atoms with Crippen LogP contribution in [0.15, 0.2) is 30.3 Å². The standard InChI is InChI=1S/C18H23N3O2S/c22-16-18(8-10-24-12-18)19-17(23)21(16)13-20-9-4-7-15(20)11-14-5-2-1-3-6-14/h1-3,5-6,15H,4,7-13H2,(H,19,23)/t15-,18-/m1/s1. The molecule has 3 heterocycles. The van der Waals surface area contributed by atoms with Crippen molar-refractivity contribution in [3.05, 3.63) is 35.9 Å². The number of hydrogen-bond donors (Lipinski definition) is 1. The molecular formula is C18H23N3O2S. The lowest BCUT2D eigenvalue weighted by molar-refractivity contribution is -0.132. The second kappa shape index (κ2) is 6.41. The average Bonchev–Trinajstić information content (AvgIpc) is 3.28. The second-order valence-electron chi connectivity index (χ2n) is 6.99. The van der Waals surface area contributed by atoms with Gasteiger partial charge < -0.3 is 5.32 Å². The van der Waals surface area contributed by atoms with E-state index >= 15 is 0 Å². The zero-order valence-electron chi connectivity index (χ0n) is 13.7. The van der Waals surface area contributed by atoms with Crippen LogP contribution in [0.2, 0.25) is 0 Å². The summed E-state index contributed by atoms with van der Waals surface area (Å²) in [7, 11) is 0. The normalized spacial score (nSPS) is 30.5. The van der Waals surface area contributed by atoms with Gasteiger partial charge in [0.15, 0.2) is 0 Å². The van der Waals surface area contributed by atoms with Crippen LogP contribution in [0.3, 0.4) is 0 Å². The molecule has 0 aliphatic carbocycles. The number of thioether (sulfide) groups is 1. The van der Waals surface area contributed by atoms with Crippen molar-refractivity contribution >= 4 is 23.7 Å². The highest BCUT2D eigenvalue weighted by molar-refractivity contribution is 7.99. The Balaban J connectivity index is 1.44. The second-order valence-corrected chi connectivity index (χ2v) is 8.09. The summed E-state index contributed by atoms with van der Waals surface area (Å²) in [5.74, 6) is 1.63. The minimum absolute atomic E-state index is 0.0251. The number of nitrogens with one attached hydrogen (secondary N) is 1. The lowest BCUT2D eigenvalue weighted by Crippen LogP contribution is -2.48. The third-order valence-corrected chi connectivity index (χ3v) is 6.59. The molecule has 3 amide bonds. The number of urea groups is 1. The molecule has 1 aromatic carbocycles. The van der Waals surface area contributed by atoms with Gasteiger partial charge in [-0.05, 0) is 37.0 Å². The first-order valence-electron chi connectivity index (χ1n) is 8.68. The van der Waals surface area contributed by atoms with Crippen LogP contribution in [0.25, 0.3) is 0 Å². The monoisotopic (exact) mass is 345 g/mol. The SMILES string of the molecule is O=C1N[C@@]2(CCSC2)C(=O)N1CN1CCC[C@@H]1Cc1ccccc1. The maximum Gasteiger partial charge on any atom is 0.326 e. The molecule has 1 spiro atoms. The van der Waals surface area contributed by atoms with Crippen molar-refractivity contribution in [1.82, 2.24) is 15.1 Å². The van der Waals surface area contributed by atoms with E-state index in [1.54, 1.807) is 11.8 Å². The Morgan fingerprint density at radius 1 is 1.25 bits per heavy atom. The maximum atomic E-state index is 12.8. The van der Waals surface area contributed by atoms with E-state index in [9.17, 15) is 9.59 Å². The molecule has 24 heavy (non-hydrogen) atoms. The molecule has 0 radical (unpaired) electrons. The van der Waals surface area contributed by atoms with Gasteiger partial charge in [0, 0.05) is 18.3 Å². The van der Waals surface area contributed by atoms with Gasteiger partial charge in [0.05, 0.1) is 6.67 Å². The van der Waals surface area contributed by atoms with E-state index in [1.807, 2.05) is 6.07 Å². The first kappa shape index (κ1) is 16.0. The van der Waals surface area contributed by atoms with Gasteiger partial charge in [-0.2, -0.15) is 11.8 Å². The van der Waals surface area contributed by atoms with Crippen LogP contribution in [0.4, 0.5) is 4.79 Å².